The van der Waals surface area contributed by atoms with Gasteiger partial charge in [-0.05, 0) is 6.26 Å². The maximum absolute atomic E-state index is 11.7. The highest BCUT2D eigenvalue weighted by Crippen LogP contribution is 2.41. The summed E-state index contributed by atoms with van der Waals surface area (Å²) in [7, 11) is 0. The van der Waals surface area contributed by atoms with Gasteiger partial charge < -0.3 is 11.1 Å². The molecule has 0 atom stereocenters. The minimum absolute atomic E-state index is 0.101. The second-order valence-electron chi connectivity index (χ2n) is 3.15. The van der Waals surface area contributed by atoms with Crippen LogP contribution < -0.4 is 11.1 Å². The normalized spacial score (nSPS) is 10.1. The van der Waals surface area contributed by atoms with E-state index in [2.05, 4.69) is 11.9 Å². The van der Waals surface area contributed by atoms with Crippen molar-refractivity contribution in [3.8, 4) is 0 Å². The van der Waals surface area contributed by atoms with E-state index in [-0.39, 0.29) is 5.78 Å². The molecule has 1 aromatic rings. The van der Waals surface area contributed by atoms with E-state index >= 15 is 0 Å². The van der Waals surface area contributed by atoms with Crippen LogP contribution >= 0.6 is 23.1 Å². The third kappa shape index (κ3) is 2.59. The largest absolute Gasteiger partial charge is 0.396 e. The summed E-state index contributed by atoms with van der Waals surface area (Å²) in [6.07, 6.45) is 4.22. The van der Waals surface area contributed by atoms with Crippen LogP contribution in [0.25, 0.3) is 0 Å². The third-order valence-electron chi connectivity index (χ3n) is 2.09. The highest BCUT2D eigenvalue weighted by molar-refractivity contribution is 7.99. The van der Waals surface area contributed by atoms with Gasteiger partial charge in [-0.3, -0.25) is 4.79 Å². The molecule has 0 aliphatic heterocycles. The average molecular weight is 256 g/mol. The van der Waals surface area contributed by atoms with Gasteiger partial charge >= 0.3 is 0 Å². The molecule has 0 aromatic carbocycles. The Morgan fingerprint density at radius 1 is 1.69 bits per heavy atom. The van der Waals surface area contributed by atoms with Crippen LogP contribution in [0, 0.1) is 0 Å². The summed E-state index contributed by atoms with van der Waals surface area (Å²) in [6.45, 7) is 6.17. The van der Waals surface area contributed by atoms with Crippen LogP contribution in [-0.4, -0.2) is 18.6 Å². The molecule has 0 aliphatic rings. The number of nitrogen functional groups attached to an aromatic ring is 1. The van der Waals surface area contributed by atoms with Gasteiger partial charge in [0, 0.05) is 13.0 Å². The highest BCUT2D eigenvalue weighted by Gasteiger charge is 2.18. The van der Waals surface area contributed by atoms with Gasteiger partial charge in [-0.15, -0.1) is 29.7 Å². The van der Waals surface area contributed by atoms with Crippen molar-refractivity contribution in [3.63, 3.8) is 0 Å². The molecule has 0 saturated carbocycles. The van der Waals surface area contributed by atoms with Crippen LogP contribution in [0.1, 0.15) is 23.0 Å². The number of thiophene rings is 1. The number of ketones is 1. The van der Waals surface area contributed by atoms with Crippen LogP contribution in [0.5, 0.6) is 0 Å². The molecule has 0 unspecified atom stereocenters. The zero-order valence-corrected chi connectivity index (χ0v) is 11.1. The molecule has 0 spiro atoms. The SMILES string of the molecule is C=CCNc1sc(C(=O)CC)c(N)c1SC. The summed E-state index contributed by atoms with van der Waals surface area (Å²) in [5.74, 6) is 0.101. The van der Waals surface area contributed by atoms with Crippen molar-refractivity contribution in [2.75, 3.05) is 23.9 Å². The van der Waals surface area contributed by atoms with Gasteiger partial charge in [0.1, 0.15) is 5.00 Å². The van der Waals surface area contributed by atoms with Crippen LogP contribution in [0.3, 0.4) is 0 Å². The molecule has 1 aromatic heterocycles. The van der Waals surface area contributed by atoms with E-state index in [0.29, 0.717) is 23.5 Å². The van der Waals surface area contributed by atoms with Crippen molar-refractivity contribution in [2.45, 2.75) is 18.2 Å². The number of nitrogens with one attached hydrogen (secondary N) is 1. The van der Waals surface area contributed by atoms with Crippen LogP contribution in [0.15, 0.2) is 17.6 Å². The lowest BCUT2D eigenvalue weighted by Crippen LogP contribution is -1.98. The van der Waals surface area contributed by atoms with Crippen molar-refractivity contribution in [3.05, 3.63) is 17.5 Å². The summed E-state index contributed by atoms with van der Waals surface area (Å²) >= 11 is 2.99. The maximum Gasteiger partial charge on any atom is 0.174 e. The van der Waals surface area contributed by atoms with E-state index < -0.39 is 0 Å². The first-order valence-electron chi connectivity index (χ1n) is 4.99. The molecule has 0 amide bonds. The number of carbonyl (C=O) groups is 1. The van der Waals surface area contributed by atoms with E-state index in [9.17, 15) is 4.79 Å². The zero-order valence-electron chi connectivity index (χ0n) is 9.50. The summed E-state index contributed by atoms with van der Waals surface area (Å²) in [6, 6.07) is 0. The predicted octanol–water partition coefficient (Wildman–Crippen LogP) is 3.24. The smallest absolute Gasteiger partial charge is 0.174 e. The molecule has 1 rings (SSSR count). The first-order chi connectivity index (χ1) is 7.65. The first-order valence-corrected chi connectivity index (χ1v) is 7.04. The monoisotopic (exact) mass is 256 g/mol. The van der Waals surface area contributed by atoms with Gasteiger partial charge in [-0.2, -0.15) is 0 Å². The molecule has 3 N–H and O–H groups in total. The van der Waals surface area contributed by atoms with Crippen molar-refractivity contribution in [1.82, 2.24) is 0 Å². The molecule has 16 heavy (non-hydrogen) atoms. The Morgan fingerprint density at radius 2 is 2.38 bits per heavy atom. The van der Waals surface area contributed by atoms with Gasteiger partial charge in [0.05, 0.1) is 15.5 Å². The number of carbonyl (C=O) groups excluding carboxylic acids is 1. The lowest BCUT2D eigenvalue weighted by Gasteiger charge is -2.02. The molecule has 5 heteroatoms. The van der Waals surface area contributed by atoms with Gasteiger partial charge in [0.15, 0.2) is 5.78 Å². The second-order valence-corrected chi connectivity index (χ2v) is 4.99. The number of nitrogens with two attached hydrogens (primary N) is 1. The second kappa shape index (κ2) is 5.96. The Bertz CT molecular complexity index is 399. The van der Waals surface area contributed by atoms with Gasteiger partial charge in [-0.1, -0.05) is 13.0 Å². The summed E-state index contributed by atoms with van der Waals surface area (Å²) in [4.78, 5) is 13.3. The summed E-state index contributed by atoms with van der Waals surface area (Å²) in [5.41, 5.74) is 6.57. The molecule has 0 bridgehead atoms. The van der Waals surface area contributed by atoms with Crippen molar-refractivity contribution in [1.29, 1.82) is 0 Å². The fourth-order valence-corrected chi connectivity index (χ4v) is 3.33. The van der Waals surface area contributed by atoms with E-state index in [1.54, 1.807) is 17.8 Å². The number of Topliss-reactive ketones (excluding diaryl/α,β-unsaturated/α-hetero) is 1. The molecule has 0 aliphatic carbocycles. The van der Waals surface area contributed by atoms with Gasteiger partial charge in [-0.25, -0.2) is 0 Å². The number of hydrogen-bond donors (Lipinski definition) is 2. The number of rotatable bonds is 6. The predicted molar refractivity (Wildman–Crippen MR) is 73.8 cm³/mol. The standard InChI is InChI=1S/C11H16N2OS2/c1-4-6-13-11-10(15-3)8(12)9(16-11)7(14)5-2/h4,13H,1,5-6,12H2,2-3H3. The summed E-state index contributed by atoms with van der Waals surface area (Å²) in [5, 5.41) is 4.16. The Kier molecular flexibility index (Phi) is 4.89. The summed E-state index contributed by atoms with van der Waals surface area (Å²) < 4.78 is 0. The van der Waals surface area contributed by atoms with E-state index in [0.717, 1.165) is 9.90 Å². The lowest BCUT2D eigenvalue weighted by atomic mass is 10.2. The zero-order chi connectivity index (χ0) is 12.1. The van der Waals surface area contributed by atoms with Gasteiger partial charge in [0.25, 0.3) is 0 Å². The van der Waals surface area contributed by atoms with Crippen molar-refractivity contribution < 1.29 is 4.79 Å². The Labute approximate surface area is 104 Å². The van der Waals surface area contributed by atoms with E-state index in [4.69, 9.17) is 5.73 Å². The molecule has 0 saturated heterocycles. The number of hydrogen-bond acceptors (Lipinski definition) is 5. The molecule has 0 radical (unpaired) electrons. The lowest BCUT2D eigenvalue weighted by molar-refractivity contribution is 0.0992. The minimum atomic E-state index is 0.101. The molecule has 1 heterocycles. The fourth-order valence-electron chi connectivity index (χ4n) is 1.28. The topological polar surface area (TPSA) is 55.1 Å². The number of thioether (sulfide) groups is 1. The minimum Gasteiger partial charge on any atom is -0.396 e. The Hall–Kier alpha value is -0.940. The van der Waals surface area contributed by atoms with Gasteiger partial charge in [0.2, 0.25) is 0 Å². The molecular weight excluding hydrogens is 240 g/mol. The number of anilines is 2. The van der Waals surface area contributed by atoms with E-state index in [1.807, 2.05) is 13.2 Å². The van der Waals surface area contributed by atoms with Crippen LogP contribution in [-0.2, 0) is 0 Å². The van der Waals surface area contributed by atoms with Crippen LogP contribution in [0.2, 0.25) is 0 Å². The fraction of sp³-hybridized carbons (Fsp3) is 0.364. The molecule has 0 fully saturated rings. The maximum atomic E-state index is 11.7. The van der Waals surface area contributed by atoms with Crippen molar-refractivity contribution >= 4 is 39.6 Å². The Morgan fingerprint density at radius 3 is 2.88 bits per heavy atom. The highest BCUT2D eigenvalue weighted by atomic mass is 32.2. The molecule has 3 nitrogen and oxygen atoms in total. The van der Waals surface area contributed by atoms with Crippen molar-refractivity contribution in [2.24, 2.45) is 0 Å². The average Bonchev–Trinajstić information content (AvgIpc) is 2.62. The molecule has 88 valence electrons. The quantitative estimate of drug-likeness (QED) is 0.466. The van der Waals surface area contributed by atoms with Crippen LogP contribution in [0.4, 0.5) is 10.7 Å². The third-order valence-corrected chi connectivity index (χ3v) is 4.25. The molecular formula is C11H16N2OS2. The Balaban J connectivity index is 3.08. The first kappa shape index (κ1) is 13.1. The van der Waals surface area contributed by atoms with E-state index in [1.165, 1.54) is 11.3 Å².